The minimum atomic E-state index is -3.60. The third kappa shape index (κ3) is 4.28. The first kappa shape index (κ1) is 15.4. The van der Waals surface area contributed by atoms with Gasteiger partial charge in [0.2, 0.25) is 10.0 Å². The zero-order valence-electron chi connectivity index (χ0n) is 11.9. The molecule has 6 heteroatoms. The maximum Gasteiger partial charge on any atom is 0.238 e. The molecule has 0 saturated carbocycles. The molecule has 1 atom stereocenters. The SMILES string of the molecule is CC(NCCN1CCCC1)c1ccc(S(N)(=O)=O)cc1. The Kier molecular flexibility index (Phi) is 5.15. The van der Waals surface area contributed by atoms with E-state index in [9.17, 15) is 8.42 Å². The summed E-state index contributed by atoms with van der Waals surface area (Å²) in [7, 11) is -3.60. The number of likely N-dealkylation sites (tertiary alicyclic amines) is 1. The van der Waals surface area contributed by atoms with Crippen LogP contribution in [0.25, 0.3) is 0 Å². The highest BCUT2D eigenvalue weighted by molar-refractivity contribution is 7.89. The van der Waals surface area contributed by atoms with Gasteiger partial charge < -0.3 is 10.2 Å². The Labute approximate surface area is 121 Å². The van der Waals surface area contributed by atoms with Gasteiger partial charge in [0.05, 0.1) is 4.90 Å². The molecule has 1 aliphatic heterocycles. The highest BCUT2D eigenvalue weighted by Gasteiger charge is 2.12. The fourth-order valence-corrected chi connectivity index (χ4v) is 3.02. The molecule has 3 N–H and O–H groups in total. The van der Waals surface area contributed by atoms with Gasteiger partial charge in [0.1, 0.15) is 0 Å². The van der Waals surface area contributed by atoms with E-state index < -0.39 is 10.0 Å². The van der Waals surface area contributed by atoms with Gasteiger partial charge in [-0.3, -0.25) is 0 Å². The molecule has 112 valence electrons. The van der Waals surface area contributed by atoms with E-state index in [1.165, 1.54) is 25.9 Å². The summed E-state index contributed by atoms with van der Waals surface area (Å²) in [5, 5.41) is 8.55. The zero-order chi connectivity index (χ0) is 14.6. The van der Waals surface area contributed by atoms with E-state index in [1.807, 2.05) is 12.1 Å². The summed E-state index contributed by atoms with van der Waals surface area (Å²) in [4.78, 5) is 2.62. The van der Waals surface area contributed by atoms with Crippen LogP contribution in [-0.4, -0.2) is 39.5 Å². The van der Waals surface area contributed by atoms with Gasteiger partial charge in [-0.25, -0.2) is 13.6 Å². The Balaban J connectivity index is 1.84. The summed E-state index contributed by atoms with van der Waals surface area (Å²) in [5.74, 6) is 0. The Morgan fingerprint density at radius 1 is 1.25 bits per heavy atom. The molecular weight excluding hydrogens is 274 g/mol. The van der Waals surface area contributed by atoms with Crippen molar-refractivity contribution in [1.29, 1.82) is 0 Å². The van der Waals surface area contributed by atoms with Crippen LogP contribution in [0, 0.1) is 0 Å². The van der Waals surface area contributed by atoms with Crippen molar-refractivity contribution in [2.45, 2.75) is 30.7 Å². The molecule has 1 unspecified atom stereocenters. The number of nitrogens with two attached hydrogens (primary N) is 1. The quantitative estimate of drug-likeness (QED) is 0.824. The summed E-state index contributed by atoms with van der Waals surface area (Å²) in [5.41, 5.74) is 1.07. The van der Waals surface area contributed by atoms with Gasteiger partial charge >= 0.3 is 0 Å². The van der Waals surface area contributed by atoms with E-state index in [1.54, 1.807) is 12.1 Å². The van der Waals surface area contributed by atoms with E-state index in [0.717, 1.165) is 18.7 Å². The minimum absolute atomic E-state index is 0.158. The van der Waals surface area contributed by atoms with Crippen molar-refractivity contribution in [2.75, 3.05) is 26.2 Å². The lowest BCUT2D eigenvalue weighted by Crippen LogP contribution is -2.31. The number of hydrogen-bond acceptors (Lipinski definition) is 4. The molecule has 0 amide bonds. The summed E-state index contributed by atoms with van der Waals surface area (Å²) in [6, 6.07) is 6.94. The van der Waals surface area contributed by atoms with Crippen LogP contribution in [0.5, 0.6) is 0 Å². The van der Waals surface area contributed by atoms with Crippen LogP contribution in [0.4, 0.5) is 0 Å². The van der Waals surface area contributed by atoms with Crippen LogP contribution in [0.15, 0.2) is 29.2 Å². The van der Waals surface area contributed by atoms with E-state index in [2.05, 4.69) is 17.1 Å². The molecule has 1 saturated heterocycles. The van der Waals surface area contributed by atoms with Crippen LogP contribution in [0.3, 0.4) is 0 Å². The molecule has 0 radical (unpaired) electrons. The minimum Gasteiger partial charge on any atom is -0.309 e. The molecule has 1 fully saturated rings. The topological polar surface area (TPSA) is 75.4 Å². The maximum atomic E-state index is 11.2. The van der Waals surface area contributed by atoms with Crippen molar-refractivity contribution >= 4 is 10.0 Å². The number of sulfonamides is 1. The van der Waals surface area contributed by atoms with Gasteiger partial charge in [0.25, 0.3) is 0 Å². The molecule has 0 spiro atoms. The Hall–Kier alpha value is -0.950. The van der Waals surface area contributed by atoms with E-state index in [4.69, 9.17) is 5.14 Å². The largest absolute Gasteiger partial charge is 0.309 e. The van der Waals surface area contributed by atoms with Crippen molar-refractivity contribution in [3.8, 4) is 0 Å². The third-order valence-electron chi connectivity index (χ3n) is 3.79. The summed E-state index contributed by atoms with van der Waals surface area (Å²) in [6.45, 7) is 6.51. The average molecular weight is 297 g/mol. The van der Waals surface area contributed by atoms with Gasteiger partial charge in [0, 0.05) is 19.1 Å². The maximum absolute atomic E-state index is 11.2. The predicted octanol–water partition coefficient (Wildman–Crippen LogP) is 1.08. The van der Waals surface area contributed by atoms with Crippen LogP contribution in [0.1, 0.15) is 31.4 Å². The van der Waals surface area contributed by atoms with Crippen LogP contribution < -0.4 is 10.5 Å². The highest BCUT2D eigenvalue weighted by Crippen LogP contribution is 2.15. The number of hydrogen-bond donors (Lipinski definition) is 2. The van der Waals surface area contributed by atoms with Gasteiger partial charge in [-0.1, -0.05) is 12.1 Å². The van der Waals surface area contributed by atoms with E-state index in [-0.39, 0.29) is 10.9 Å². The molecular formula is C14H23N3O2S. The van der Waals surface area contributed by atoms with Crippen molar-refractivity contribution in [1.82, 2.24) is 10.2 Å². The van der Waals surface area contributed by atoms with Crippen molar-refractivity contribution in [3.63, 3.8) is 0 Å². The molecule has 5 nitrogen and oxygen atoms in total. The first-order chi connectivity index (χ1) is 9.47. The number of primary sulfonamides is 1. The molecule has 0 aliphatic carbocycles. The fraction of sp³-hybridized carbons (Fsp3) is 0.571. The number of nitrogens with one attached hydrogen (secondary N) is 1. The van der Waals surface area contributed by atoms with Crippen molar-refractivity contribution in [3.05, 3.63) is 29.8 Å². The first-order valence-corrected chi connectivity index (χ1v) is 8.60. The Bertz CT molecular complexity index is 522. The second-order valence-electron chi connectivity index (χ2n) is 5.34. The molecule has 2 rings (SSSR count). The van der Waals surface area contributed by atoms with Crippen LogP contribution in [-0.2, 0) is 10.0 Å². The summed E-state index contributed by atoms with van der Waals surface area (Å²) in [6.07, 6.45) is 2.62. The first-order valence-electron chi connectivity index (χ1n) is 7.05. The average Bonchev–Trinajstić information content (AvgIpc) is 2.91. The molecule has 1 aliphatic rings. The summed E-state index contributed by atoms with van der Waals surface area (Å²) < 4.78 is 22.4. The monoisotopic (exact) mass is 297 g/mol. The Morgan fingerprint density at radius 3 is 2.40 bits per heavy atom. The van der Waals surface area contributed by atoms with Gasteiger partial charge in [-0.2, -0.15) is 0 Å². The van der Waals surface area contributed by atoms with Gasteiger partial charge in [-0.05, 0) is 50.6 Å². The van der Waals surface area contributed by atoms with E-state index in [0.29, 0.717) is 0 Å². The molecule has 1 aromatic rings. The molecule has 0 aromatic heterocycles. The molecule has 1 heterocycles. The van der Waals surface area contributed by atoms with E-state index >= 15 is 0 Å². The van der Waals surface area contributed by atoms with Crippen LogP contribution in [0.2, 0.25) is 0 Å². The van der Waals surface area contributed by atoms with Gasteiger partial charge in [-0.15, -0.1) is 0 Å². The number of rotatable bonds is 6. The lowest BCUT2D eigenvalue weighted by atomic mass is 10.1. The van der Waals surface area contributed by atoms with Crippen molar-refractivity contribution < 1.29 is 8.42 Å². The molecule has 0 bridgehead atoms. The number of nitrogens with zero attached hydrogens (tertiary/aromatic N) is 1. The fourth-order valence-electron chi connectivity index (χ4n) is 2.51. The second kappa shape index (κ2) is 6.67. The Morgan fingerprint density at radius 2 is 1.85 bits per heavy atom. The third-order valence-corrected chi connectivity index (χ3v) is 4.72. The van der Waals surface area contributed by atoms with Gasteiger partial charge in [0.15, 0.2) is 0 Å². The highest BCUT2D eigenvalue weighted by atomic mass is 32.2. The second-order valence-corrected chi connectivity index (χ2v) is 6.90. The standard InChI is InChI=1S/C14H23N3O2S/c1-12(16-8-11-17-9-2-3-10-17)13-4-6-14(7-5-13)20(15,18)19/h4-7,12,16H,2-3,8-11H2,1H3,(H2,15,18,19). The smallest absolute Gasteiger partial charge is 0.238 e. The zero-order valence-corrected chi connectivity index (χ0v) is 12.7. The van der Waals surface area contributed by atoms with Crippen molar-refractivity contribution in [2.24, 2.45) is 5.14 Å². The normalized spacial score (nSPS) is 18.3. The predicted molar refractivity (Wildman–Crippen MR) is 79.9 cm³/mol. The molecule has 1 aromatic carbocycles. The lowest BCUT2D eigenvalue weighted by molar-refractivity contribution is 0.330. The molecule has 20 heavy (non-hydrogen) atoms. The van der Waals surface area contributed by atoms with Crippen LogP contribution >= 0.6 is 0 Å². The lowest BCUT2D eigenvalue weighted by Gasteiger charge is -2.18. The number of benzene rings is 1. The summed E-state index contributed by atoms with van der Waals surface area (Å²) >= 11 is 0.